The third kappa shape index (κ3) is 4.26. The van der Waals surface area contributed by atoms with Crippen LogP contribution in [0.15, 0.2) is 132 Å². The van der Waals surface area contributed by atoms with Crippen molar-refractivity contribution >= 4 is 27.9 Å². The number of hydrogen-bond donors (Lipinski definition) is 0. The van der Waals surface area contributed by atoms with Crippen molar-refractivity contribution in [1.29, 1.82) is 5.26 Å². The normalized spacial score (nSPS) is 16.6. The summed E-state index contributed by atoms with van der Waals surface area (Å²) < 4.78 is 8.56. The SMILES string of the molecule is [C-]#[N+]C(C#N)=C1C=C(C=Cc2ccc(-n3c4ccccc4c4ccccc43)cc2)OC(c2ccccc2)C1. The summed E-state index contributed by atoms with van der Waals surface area (Å²) in [5, 5.41) is 11.9. The highest BCUT2D eigenvalue weighted by Gasteiger charge is 2.22. The molecule has 0 saturated carbocycles. The fourth-order valence-electron chi connectivity index (χ4n) is 5.06. The number of ether oxygens (including phenoxy) is 1. The highest BCUT2D eigenvalue weighted by molar-refractivity contribution is 6.09. The van der Waals surface area contributed by atoms with Crippen LogP contribution in [0, 0.1) is 17.9 Å². The Morgan fingerprint density at radius 3 is 2.11 bits per heavy atom. The molecule has 0 aliphatic carbocycles. The molecule has 180 valence electrons. The Balaban J connectivity index is 1.32. The maximum atomic E-state index is 9.45. The smallest absolute Gasteiger partial charge is 0.265 e. The second kappa shape index (κ2) is 9.97. The van der Waals surface area contributed by atoms with Gasteiger partial charge in [0.05, 0.1) is 23.7 Å². The van der Waals surface area contributed by atoms with Crippen molar-refractivity contribution in [2.75, 3.05) is 0 Å². The Labute approximate surface area is 221 Å². The zero-order valence-electron chi connectivity index (χ0n) is 20.6. The van der Waals surface area contributed by atoms with E-state index < -0.39 is 0 Å². The fourth-order valence-corrected chi connectivity index (χ4v) is 5.06. The summed E-state index contributed by atoms with van der Waals surface area (Å²) in [6, 6.07) is 37.3. The van der Waals surface area contributed by atoms with Crippen molar-refractivity contribution in [3.8, 4) is 11.8 Å². The molecule has 4 nitrogen and oxygen atoms in total. The van der Waals surface area contributed by atoms with Gasteiger partial charge in [-0.3, -0.25) is 0 Å². The van der Waals surface area contributed by atoms with Crippen LogP contribution in [0.5, 0.6) is 0 Å². The molecule has 1 unspecified atom stereocenters. The molecule has 2 heterocycles. The lowest BCUT2D eigenvalue weighted by molar-refractivity contribution is 0.118. The van der Waals surface area contributed by atoms with Crippen molar-refractivity contribution in [1.82, 2.24) is 4.57 Å². The number of fused-ring (bicyclic) bond motifs is 3. The van der Waals surface area contributed by atoms with Gasteiger partial charge < -0.3 is 9.30 Å². The Bertz CT molecular complexity index is 1760. The standard InChI is InChI=1S/C34H23N3O/c1-36-31(23-35)26-21-28(38-34(22-26)25-9-3-2-4-10-25)20-17-24-15-18-27(19-16-24)37-32-13-7-5-11-29(32)30-12-6-8-14-33(30)37/h2-21,34H,22H2. The lowest BCUT2D eigenvalue weighted by atomic mass is 9.97. The minimum atomic E-state index is -0.251. The third-order valence-corrected chi connectivity index (χ3v) is 6.86. The molecule has 1 aliphatic heterocycles. The average Bonchev–Trinajstić information content (AvgIpc) is 3.32. The number of aromatic nitrogens is 1. The molecule has 4 heteroatoms. The van der Waals surface area contributed by atoms with Gasteiger partial charge in [-0.1, -0.05) is 84.9 Å². The lowest BCUT2D eigenvalue weighted by Crippen LogP contribution is -2.10. The minimum Gasteiger partial charge on any atom is -0.485 e. The molecule has 38 heavy (non-hydrogen) atoms. The van der Waals surface area contributed by atoms with Gasteiger partial charge in [0.1, 0.15) is 11.9 Å². The fraction of sp³-hybridized carbons (Fsp3) is 0.0588. The van der Waals surface area contributed by atoms with Crippen molar-refractivity contribution in [2.45, 2.75) is 12.5 Å². The third-order valence-electron chi connectivity index (χ3n) is 6.86. The number of nitriles is 1. The maximum Gasteiger partial charge on any atom is 0.265 e. The largest absolute Gasteiger partial charge is 0.485 e. The molecule has 4 aromatic carbocycles. The van der Waals surface area contributed by atoms with Crippen LogP contribution >= 0.6 is 0 Å². The quantitative estimate of drug-likeness (QED) is 0.187. The highest BCUT2D eigenvalue weighted by atomic mass is 16.5. The van der Waals surface area contributed by atoms with Gasteiger partial charge in [0, 0.05) is 22.9 Å². The summed E-state index contributed by atoms with van der Waals surface area (Å²) in [6.45, 7) is 7.40. The zero-order valence-corrected chi connectivity index (χ0v) is 20.6. The van der Waals surface area contributed by atoms with Gasteiger partial charge in [0.15, 0.2) is 0 Å². The molecule has 1 atom stereocenters. The summed E-state index contributed by atoms with van der Waals surface area (Å²) in [6.07, 6.45) is 5.94. The number of para-hydroxylation sites is 2. The summed E-state index contributed by atoms with van der Waals surface area (Å²) in [7, 11) is 0. The Kier molecular flexibility index (Phi) is 6.06. The molecule has 0 N–H and O–H groups in total. The Morgan fingerprint density at radius 2 is 1.47 bits per heavy atom. The molecule has 0 fully saturated rings. The van der Waals surface area contributed by atoms with Crippen molar-refractivity contribution in [3.05, 3.63) is 155 Å². The molecule has 0 radical (unpaired) electrons. The lowest BCUT2D eigenvalue weighted by Gasteiger charge is -2.25. The van der Waals surface area contributed by atoms with E-state index >= 15 is 0 Å². The molecule has 1 aromatic heterocycles. The van der Waals surface area contributed by atoms with Crippen molar-refractivity contribution in [3.63, 3.8) is 0 Å². The number of rotatable bonds is 4. The van der Waals surface area contributed by atoms with Crippen LogP contribution in [-0.4, -0.2) is 4.57 Å². The maximum absolute atomic E-state index is 9.45. The topological polar surface area (TPSA) is 42.3 Å². The first-order valence-corrected chi connectivity index (χ1v) is 12.5. The van der Waals surface area contributed by atoms with Gasteiger partial charge in [-0.05, 0) is 53.1 Å². The van der Waals surface area contributed by atoms with Crippen LogP contribution in [-0.2, 0) is 4.74 Å². The van der Waals surface area contributed by atoms with Gasteiger partial charge in [0.25, 0.3) is 5.70 Å². The predicted octanol–water partition coefficient (Wildman–Crippen LogP) is 8.54. The Hall–Kier alpha value is -5.32. The van der Waals surface area contributed by atoms with E-state index in [-0.39, 0.29) is 11.8 Å². The summed E-state index contributed by atoms with van der Waals surface area (Å²) in [5.74, 6) is 0.628. The van der Waals surface area contributed by atoms with Gasteiger partial charge in [-0.15, -0.1) is 0 Å². The first-order chi connectivity index (χ1) is 18.7. The van der Waals surface area contributed by atoms with Gasteiger partial charge in [-0.2, -0.15) is 0 Å². The van der Waals surface area contributed by atoms with Crippen molar-refractivity contribution in [2.24, 2.45) is 0 Å². The summed E-state index contributed by atoms with van der Waals surface area (Å²) >= 11 is 0. The molecule has 0 saturated heterocycles. The predicted molar refractivity (Wildman–Crippen MR) is 152 cm³/mol. The number of hydrogen-bond acceptors (Lipinski definition) is 2. The van der Waals surface area contributed by atoms with Crippen LogP contribution in [0.4, 0.5) is 0 Å². The monoisotopic (exact) mass is 489 g/mol. The van der Waals surface area contributed by atoms with Crippen LogP contribution < -0.4 is 0 Å². The van der Waals surface area contributed by atoms with E-state index in [1.165, 1.54) is 21.8 Å². The van der Waals surface area contributed by atoms with E-state index in [9.17, 15) is 5.26 Å². The van der Waals surface area contributed by atoms with Crippen LogP contribution in [0.2, 0.25) is 0 Å². The molecule has 0 amide bonds. The number of benzene rings is 4. The van der Waals surface area contributed by atoms with E-state index in [2.05, 4.69) is 82.2 Å². The molecule has 5 aromatic rings. The van der Waals surface area contributed by atoms with Gasteiger partial charge >= 0.3 is 0 Å². The Morgan fingerprint density at radius 1 is 0.842 bits per heavy atom. The van der Waals surface area contributed by atoms with E-state index in [0.29, 0.717) is 17.8 Å². The molecular weight excluding hydrogens is 466 g/mol. The van der Waals surface area contributed by atoms with E-state index in [0.717, 1.165) is 16.8 Å². The summed E-state index contributed by atoms with van der Waals surface area (Å²) in [4.78, 5) is 3.43. The second-order valence-electron chi connectivity index (χ2n) is 9.16. The van der Waals surface area contributed by atoms with Gasteiger partial charge in [-0.25, -0.2) is 10.1 Å². The van der Waals surface area contributed by atoms with Crippen LogP contribution in [0.3, 0.4) is 0 Å². The number of allylic oxidation sites excluding steroid dienone is 3. The van der Waals surface area contributed by atoms with E-state index in [4.69, 9.17) is 11.3 Å². The zero-order chi connectivity index (χ0) is 25.9. The average molecular weight is 490 g/mol. The van der Waals surface area contributed by atoms with E-state index in [1.54, 1.807) is 6.08 Å². The van der Waals surface area contributed by atoms with Crippen LogP contribution in [0.1, 0.15) is 23.7 Å². The summed E-state index contributed by atoms with van der Waals surface area (Å²) in [5.41, 5.74) is 6.30. The van der Waals surface area contributed by atoms with Crippen molar-refractivity contribution < 1.29 is 4.74 Å². The first kappa shape index (κ1) is 23.1. The molecule has 0 bridgehead atoms. The molecular formula is C34H23N3O. The second-order valence-corrected chi connectivity index (χ2v) is 9.16. The number of nitrogens with zero attached hydrogens (tertiary/aromatic N) is 3. The highest BCUT2D eigenvalue weighted by Crippen LogP contribution is 2.35. The first-order valence-electron chi connectivity index (χ1n) is 12.5. The molecule has 0 spiro atoms. The molecule has 6 rings (SSSR count). The van der Waals surface area contributed by atoms with E-state index in [1.807, 2.05) is 48.6 Å². The minimum absolute atomic E-state index is 0.107. The molecule has 1 aliphatic rings. The van der Waals surface area contributed by atoms with Gasteiger partial charge in [0.2, 0.25) is 0 Å². The van der Waals surface area contributed by atoms with Crippen LogP contribution in [0.25, 0.3) is 38.4 Å².